The Morgan fingerprint density at radius 3 is 2.62 bits per heavy atom. The molecule has 1 aromatic rings. The number of halogens is 2. The summed E-state index contributed by atoms with van der Waals surface area (Å²) in [5, 5.41) is 0. The molecule has 0 aliphatic carbocycles. The molecule has 70 valence electrons. The standard InChI is InChI=1S/C9H8ClFO2/c10-8(11)9(12)13-6-7-4-2-1-3-5-7/h1-5,8H,6H2. The SMILES string of the molecule is O=C(OCc1ccccc1)C(F)Cl. The van der Waals surface area contributed by atoms with Crippen molar-refractivity contribution < 1.29 is 13.9 Å². The van der Waals surface area contributed by atoms with Crippen LogP contribution in [0, 0.1) is 0 Å². The third-order valence-electron chi connectivity index (χ3n) is 1.40. The van der Waals surface area contributed by atoms with Gasteiger partial charge >= 0.3 is 5.97 Å². The van der Waals surface area contributed by atoms with Crippen LogP contribution in [0.25, 0.3) is 0 Å². The second kappa shape index (κ2) is 4.82. The van der Waals surface area contributed by atoms with E-state index in [0.29, 0.717) is 0 Å². The molecule has 0 saturated heterocycles. The minimum atomic E-state index is -2.08. The van der Waals surface area contributed by atoms with Crippen molar-refractivity contribution in [2.24, 2.45) is 0 Å². The molecule has 13 heavy (non-hydrogen) atoms. The van der Waals surface area contributed by atoms with E-state index in [0.717, 1.165) is 5.56 Å². The molecule has 0 aliphatic rings. The number of esters is 1. The summed E-state index contributed by atoms with van der Waals surface area (Å²) in [4.78, 5) is 10.6. The predicted octanol–water partition coefficient (Wildman–Crippen LogP) is 2.26. The summed E-state index contributed by atoms with van der Waals surface area (Å²) in [6.07, 6.45) is 0. The topological polar surface area (TPSA) is 26.3 Å². The Bertz CT molecular complexity index is 274. The van der Waals surface area contributed by atoms with Crippen molar-refractivity contribution in [2.45, 2.75) is 12.2 Å². The Morgan fingerprint density at radius 2 is 2.08 bits per heavy atom. The first kappa shape index (κ1) is 9.99. The quantitative estimate of drug-likeness (QED) is 0.555. The van der Waals surface area contributed by atoms with Gasteiger partial charge in [0.1, 0.15) is 6.61 Å². The maximum atomic E-state index is 12.1. The van der Waals surface area contributed by atoms with Gasteiger partial charge in [0.15, 0.2) is 0 Å². The van der Waals surface area contributed by atoms with Crippen LogP contribution < -0.4 is 0 Å². The van der Waals surface area contributed by atoms with Gasteiger partial charge in [0.2, 0.25) is 0 Å². The van der Waals surface area contributed by atoms with Crippen molar-refractivity contribution in [1.29, 1.82) is 0 Å². The van der Waals surface area contributed by atoms with Gasteiger partial charge in [0.25, 0.3) is 5.63 Å². The van der Waals surface area contributed by atoms with Crippen molar-refractivity contribution in [1.82, 2.24) is 0 Å². The van der Waals surface area contributed by atoms with E-state index in [-0.39, 0.29) is 6.61 Å². The minimum Gasteiger partial charge on any atom is -0.458 e. The second-order valence-corrected chi connectivity index (χ2v) is 2.78. The van der Waals surface area contributed by atoms with Crippen molar-refractivity contribution >= 4 is 17.6 Å². The Hall–Kier alpha value is -1.09. The predicted molar refractivity (Wildman–Crippen MR) is 47.0 cm³/mol. The molecule has 1 rings (SSSR count). The van der Waals surface area contributed by atoms with Gasteiger partial charge in [-0.05, 0) is 5.56 Å². The number of carbonyl (C=O) groups is 1. The smallest absolute Gasteiger partial charge is 0.356 e. The van der Waals surface area contributed by atoms with Gasteiger partial charge in [0.05, 0.1) is 0 Å². The van der Waals surface area contributed by atoms with Gasteiger partial charge in [-0.3, -0.25) is 0 Å². The molecule has 0 saturated carbocycles. The number of benzene rings is 1. The largest absolute Gasteiger partial charge is 0.458 e. The van der Waals surface area contributed by atoms with Gasteiger partial charge in [-0.25, -0.2) is 9.18 Å². The molecule has 0 aromatic heterocycles. The molecule has 0 aliphatic heterocycles. The third kappa shape index (κ3) is 3.42. The van der Waals surface area contributed by atoms with E-state index in [4.69, 9.17) is 11.6 Å². The third-order valence-corrected chi connectivity index (χ3v) is 1.58. The van der Waals surface area contributed by atoms with E-state index in [9.17, 15) is 9.18 Å². The zero-order valence-electron chi connectivity index (χ0n) is 6.74. The summed E-state index contributed by atoms with van der Waals surface area (Å²) < 4.78 is 16.6. The molecular formula is C9H8ClFO2. The van der Waals surface area contributed by atoms with E-state index >= 15 is 0 Å². The lowest BCUT2D eigenvalue weighted by Crippen LogP contribution is -2.12. The molecular weight excluding hydrogens is 195 g/mol. The van der Waals surface area contributed by atoms with Crippen LogP contribution >= 0.6 is 11.6 Å². The van der Waals surface area contributed by atoms with Crippen LogP contribution in [0.5, 0.6) is 0 Å². The average Bonchev–Trinajstić information content (AvgIpc) is 2.15. The van der Waals surface area contributed by atoms with Crippen LogP contribution in [0.15, 0.2) is 30.3 Å². The van der Waals surface area contributed by atoms with Gasteiger partial charge in [-0.15, -0.1) is 0 Å². The molecule has 0 fully saturated rings. The Labute approximate surface area is 80.3 Å². The summed E-state index contributed by atoms with van der Waals surface area (Å²) in [5.74, 6) is -1.05. The van der Waals surface area contributed by atoms with Gasteiger partial charge in [-0.2, -0.15) is 0 Å². The molecule has 1 unspecified atom stereocenters. The number of carbonyl (C=O) groups excluding carboxylic acids is 1. The normalized spacial score (nSPS) is 12.2. The van der Waals surface area contributed by atoms with Gasteiger partial charge in [0, 0.05) is 0 Å². The fraction of sp³-hybridized carbons (Fsp3) is 0.222. The maximum Gasteiger partial charge on any atom is 0.356 e. The molecule has 1 aromatic carbocycles. The maximum absolute atomic E-state index is 12.1. The van der Waals surface area contributed by atoms with E-state index in [2.05, 4.69) is 4.74 Å². The molecule has 4 heteroatoms. The molecule has 0 radical (unpaired) electrons. The van der Waals surface area contributed by atoms with Crippen LogP contribution in [0.2, 0.25) is 0 Å². The van der Waals surface area contributed by atoms with Crippen LogP contribution in [-0.2, 0) is 16.1 Å². The first-order valence-electron chi connectivity index (χ1n) is 3.69. The second-order valence-electron chi connectivity index (χ2n) is 2.39. The zero-order chi connectivity index (χ0) is 9.68. The highest BCUT2D eigenvalue weighted by Crippen LogP contribution is 2.04. The van der Waals surface area contributed by atoms with E-state index < -0.39 is 11.6 Å². The average molecular weight is 203 g/mol. The highest BCUT2D eigenvalue weighted by atomic mass is 35.5. The molecule has 0 spiro atoms. The summed E-state index contributed by atoms with van der Waals surface area (Å²) in [6.45, 7) is 0.0484. The van der Waals surface area contributed by atoms with Crippen molar-refractivity contribution in [2.75, 3.05) is 0 Å². The fourth-order valence-corrected chi connectivity index (χ4v) is 0.855. The zero-order valence-corrected chi connectivity index (χ0v) is 7.50. The molecule has 0 amide bonds. The Kier molecular flexibility index (Phi) is 3.71. The molecule has 0 bridgehead atoms. The highest BCUT2D eigenvalue weighted by Gasteiger charge is 2.14. The lowest BCUT2D eigenvalue weighted by atomic mass is 10.2. The minimum absolute atomic E-state index is 0.0484. The number of ether oxygens (including phenoxy) is 1. The Balaban J connectivity index is 2.40. The number of rotatable bonds is 3. The van der Waals surface area contributed by atoms with Crippen molar-refractivity contribution in [3.8, 4) is 0 Å². The number of hydrogen-bond donors (Lipinski definition) is 0. The van der Waals surface area contributed by atoms with Crippen molar-refractivity contribution in [3.63, 3.8) is 0 Å². The van der Waals surface area contributed by atoms with Crippen LogP contribution in [0.1, 0.15) is 5.56 Å². The molecule has 0 N–H and O–H groups in total. The fourth-order valence-electron chi connectivity index (χ4n) is 0.792. The molecule has 0 heterocycles. The van der Waals surface area contributed by atoms with Crippen LogP contribution in [-0.4, -0.2) is 11.6 Å². The van der Waals surface area contributed by atoms with Gasteiger partial charge in [-0.1, -0.05) is 41.9 Å². The summed E-state index contributed by atoms with van der Waals surface area (Å²) >= 11 is 4.85. The number of alkyl halides is 2. The lowest BCUT2D eigenvalue weighted by Gasteiger charge is -2.03. The molecule has 1 atom stereocenters. The summed E-state index contributed by atoms with van der Waals surface area (Å²) in [7, 11) is 0. The molecule has 2 nitrogen and oxygen atoms in total. The van der Waals surface area contributed by atoms with Crippen LogP contribution in [0.3, 0.4) is 0 Å². The highest BCUT2D eigenvalue weighted by molar-refractivity contribution is 6.28. The summed E-state index contributed by atoms with van der Waals surface area (Å²) in [6, 6.07) is 8.99. The lowest BCUT2D eigenvalue weighted by molar-refractivity contribution is -0.147. The van der Waals surface area contributed by atoms with Gasteiger partial charge < -0.3 is 4.74 Å². The van der Waals surface area contributed by atoms with E-state index in [1.807, 2.05) is 6.07 Å². The number of hydrogen-bond acceptors (Lipinski definition) is 2. The van der Waals surface area contributed by atoms with E-state index in [1.54, 1.807) is 24.3 Å². The van der Waals surface area contributed by atoms with Crippen LogP contribution in [0.4, 0.5) is 4.39 Å². The first-order chi connectivity index (χ1) is 6.20. The van der Waals surface area contributed by atoms with E-state index in [1.165, 1.54) is 0 Å². The summed E-state index contributed by atoms with van der Waals surface area (Å²) in [5.41, 5.74) is -1.28. The monoisotopic (exact) mass is 202 g/mol. The van der Waals surface area contributed by atoms with Crippen molar-refractivity contribution in [3.05, 3.63) is 35.9 Å². The Morgan fingerprint density at radius 1 is 1.46 bits per heavy atom. The first-order valence-corrected chi connectivity index (χ1v) is 4.12.